The highest BCUT2D eigenvalue weighted by atomic mass is 28.3. The minimum atomic E-state index is -1.14. The fourth-order valence-electron chi connectivity index (χ4n) is 3.47. The number of benzene rings is 1. The van der Waals surface area contributed by atoms with Gasteiger partial charge < -0.3 is 15.0 Å². The van der Waals surface area contributed by atoms with Crippen LogP contribution in [0.5, 0.6) is 0 Å². The molecule has 4 aromatic rings. The molecule has 0 aliphatic heterocycles. The van der Waals surface area contributed by atoms with Crippen molar-refractivity contribution in [2.75, 3.05) is 24.4 Å². The molecule has 3 aromatic heterocycles. The van der Waals surface area contributed by atoms with Crippen LogP contribution in [0.3, 0.4) is 0 Å². The average molecular weight is 478 g/mol. The first-order valence-electron chi connectivity index (χ1n) is 11.2. The summed E-state index contributed by atoms with van der Waals surface area (Å²) in [6.07, 6.45) is 3.68. The fraction of sp³-hybridized carbons (Fsp3) is 0.333. The molecule has 0 spiro atoms. The van der Waals surface area contributed by atoms with Gasteiger partial charge in [0.15, 0.2) is 0 Å². The number of hydrogen-bond donors (Lipinski definition) is 2. The van der Waals surface area contributed by atoms with Gasteiger partial charge in [-0.2, -0.15) is 4.98 Å². The van der Waals surface area contributed by atoms with E-state index >= 15 is 0 Å². The van der Waals surface area contributed by atoms with Crippen molar-refractivity contribution in [1.29, 1.82) is 0 Å². The third-order valence-corrected chi connectivity index (χ3v) is 7.30. The summed E-state index contributed by atoms with van der Waals surface area (Å²) in [5.41, 5.74) is 11.6. The van der Waals surface area contributed by atoms with Gasteiger partial charge in [-0.05, 0) is 48.9 Å². The van der Waals surface area contributed by atoms with Gasteiger partial charge in [-0.1, -0.05) is 19.6 Å². The number of nitrogens with zero attached hydrogens (tertiary/aromatic N) is 5. The molecule has 0 aliphatic rings. The van der Waals surface area contributed by atoms with Gasteiger partial charge in [0, 0.05) is 50.5 Å². The first-order valence-corrected chi connectivity index (χ1v) is 14.9. The molecule has 0 bridgehead atoms. The minimum absolute atomic E-state index is 0.271. The third-order valence-electron chi connectivity index (χ3n) is 5.59. The number of rotatable bonds is 8. The number of aromatic nitrogens is 4. The molecule has 0 aliphatic carbocycles. The van der Waals surface area contributed by atoms with Crippen LogP contribution in [0.2, 0.25) is 25.7 Å². The predicted octanol–water partition coefficient (Wildman–Crippen LogP) is 3.96. The van der Waals surface area contributed by atoms with E-state index in [1.165, 1.54) is 5.01 Å². The average Bonchev–Trinajstić information content (AvgIpc) is 3.18. The van der Waals surface area contributed by atoms with Crippen LogP contribution in [0.25, 0.3) is 21.9 Å². The molecule has 178 valence electrons. The minimum Gasteiger partial charge on any atom is -0.383 e. The van der Waals surface area contributed by atoms with Crippen molar-refractivity contribution in [3.05, 3.63) is 53.9 Å². The van der Waals surface area contributed by atoms with Gasteiger partial charge in [0.05, 0.1) is 5.52 Å². The number of nitrogens with two attached hydrogens (primary N) is 1. The summed E-state index contributed by atoms with van der Waals surface area (Å²) in [4.78, 5) is 26.3. The van der Waals surface area contributed by atoms with Crippen LogP contribution in [0.1, 0.15) is 15.9 Å². The molecular weight excluding hydrogens is 446 g/mol. The molecular formula is C24H31N7O2Si. The molecule has 0 atom stereocenters. The van der Waals surface area contributed by atoms with Crippen molar-refractivity contribution >= 4 is 47.7 Å². The molecule has 1 aromatic carbocycles. The van der Waals surface area contributed by atoms with E-state index in [2.05, 4.69) is 40.0 Å². The lowest BCUT2D eigenvalue weighted by Crippen LogP contribution is -2.40. The Kier molecular flexibility index (Phi) is 6.53. The molecule has 4 rings (SSSR count). The Bertz CT molecular complexity index is 1350. The van der Waals surface area contributed by atoms with E-state index in [1.54, 1.807) is 31.4 Å². The lowest BCUT2D eigenvalue weighted by Gasteiger charge is -2.18. The van der Waals surface area contributed by atoms with Crippen molar-refractivity contribution in [2.24, 2.45) is 0 Å². The van der Waals surface area contributed by atoms with Gasteiger partial charge >= 0.3 is 0 Å². The SMILES string of the molecule is Cc1cc2cc(C(=O)NN(C)c3ncc4ccn(COCC[Si](C)(C)C)c4n3)ccc2nc1N. The standard InChI is InChI=1S/C24H31N7O2Si/c1-16-12-19-13-17(6-7-20(19)27-21(16)25)23(32)29-30(2)24-26-14-18-8-9-31(22(18)28-24)15-33-10-11-34(3,4)5/h6-9,12-14H,10-11,15H2,1-5H3,(H2,25,27)(H,29,32). The third kappa shape index (κ3) is 5.34. The van der Waals surface area contributed by atoms with Crippen molar-refractivity contribution in [1.82, 2.24) is 24.9 Å². The fourth-order valence-corrected chi connectivity index (χ4v) is 4.23. The molecule has 0 saturated carbocycles. The lowest BCUT2D eigenvalue weighted by molar-refractivity contribution is 0.0898. The molecule has 0 fully saturated rings. The van der Waals surface area contributed by atoms with Gasteiger partial charge in [-0.25, -0.2) is 9.97 Å². The zero-order chi connectivity index (χ0) is 24.5. The van der Waals surface area contributed by atoms with Gasteiger partial charge in [0.2, 0.25) is 5.95 Å². The second-order valence-corrected chi connectivity index (χ2v) is 15.3. The van der Waals surface area contributed by atoms with Crippen LogP contribution >= 0.6 is 0 Å². The number of aryl methyl sites for hydroxylation is 1. The Labute approximate surface area is 199 Å². The number of ether oxygens (including phenoxy) is 1. The zero-order valence-corrected chi connectivity index (χ0v) is 21.3. The van der Waals surface area contributed by atoms with E-state index in [1.807, 2.05) is 29.8 Å². The number of anilines is 2. The number of amides is 1. The summed E-state index contributed by atoms with van der Waals surface area (Å²) in [6, 6.07) is 10.3. The summed E-state index contributed by atoms with van der Waals surface area (Å²) in [5.74, 6) is 0.602. The van der Waals surface area contributed by atoms with E-state index in [9.17, 15) is 4.79 Å². The Morgan fingerprint density at radius 2 is 1.97 bits per heavy atom. The Morgan fingerprint density at radius 3 is 2.74 bits per heavy atom. The zero-order valence-electron chi connectivity index (χ0n) is 20.3. The number of pyridine rings is 1. The largest absolute Gasteiger partial charge is 0.383 e. The van der Waals surface area contributed by atoms with E-state index < -0.39 is 8.07 Å². The van der Waals surface area contributed by atoms with Crippen molar-refractivity contribution in [3.8, 4) is 0 Å². The van der Waals surface area contributed by atoms with Crippen molar-refractivity contribution in [2.45, 2.75) is 39.3 Å². The van der Waals surface area contributed by atoms with Gasteiger partial charge in [0.1, 0.15) is 18.2 Å². The van der Waals surface area contributed by atoms with Gasteiger partial charge in [0.25, 0.3) is 5.91 Å². The molecule has 0 radical (unpaired) electrons. The van der Waals surface area contributed by atoms with Crippen LogP contribution in [0.15, 0.2) is 42.7 Å². The molecule has 3 heterocycles. The lowest BCUT2D eigenvalue weighted by atomic mass is 10.1. The summed E-state index contributed by atoms with van der Waals surface area (Å²) in [7, 11) is 0.575. The van der Waals surface area contributed by atoms with E-state index in [0.717, 1.165) is 40.2 Å². The van der Waals surface area contributed by atoms with Crippen LogP contribution in [0.4, 0.5) is 11.8 Å². The monoisotopic (exact) mass is 477 g/mol. The molecule has 34 heavy (non-hydrogen) atoms. The van der Waals surface area contributed by atoms with E-state index in [0.29, 0.717) is 24.1 Å². The van der Waals surface area contributed by atoms with Crippen LogP contribution < -0.4 is 16.2 Å². The smallest absolute Gasteiger partial charge is 0.269 e. The molecule has 0 unspecified atom stereocenters. The topological polar surface area (TPSA) is 111 Å². The van der Waals surface area contributed by atoms with Crippen LogP contribution in [-0.4, -0.2) is 47.2 Å². The van der Waals surface area contributed by atoms with Crippen LogP contribution in [-0.2, 0) is 11.5 Å². The number of fused-ring (bicyclic) bond motifs is 2. The van der Waals surface area contributed by atoms with Crippen LogP contribution in [0, 0.1) is 6.92 Å². The maximum Gasteiger partial charge on any atom is 0.269 e. The Balaban J connectivity index is 1.47. The highest BCUT2D eigenvalue weighted by molar-refractivity contribution is 6.76. The highest BCUT2D eigenvalue weighted by Gasteiger charge is 2.15. The van der Waals surface area contributed by atoms with E-state index in [-0.39, 0.29) is 5.91 Å². The van der Waals surface area contributed by atoms with Crippen molar-refractivity contribution < 1.29 is 9.53 Å². The Hall–Kier alpha value is -3.50. The summed E-state index contributed by atoms with van der Waals surface area (Å²) < 4.78 is 7.83. The van der Waals surface area contributed by atoms with Crippen molar-refractivity contribution in [3.63, 3.8) is 0 Å². The molecule has 10 heteroatoms. The number of carbonyl (C=O) groups is 1. The molecule has 1 amide bonds. The molecule has 9 nitrogen and oxygen atoms in total. The first kappa shape index (κ1) is 23.6. The number of carbonyl (C=O) groups excluding carboxylic acids is 1. The number of hydrazine groups is 1. The second-order valence-electron chi connectivity index (χ2n) is 9.68. The first-order chi connectivity index (χ1) is 16.1. The second kappa shape index (κ2) is 9.39. The maximum atomic E-state index is 12.9. The number of nitrogens with one attached hydrogen (secondary N) is 1. The highest BCUT2D eigenvalue weighted by Crippen LogP contribution is 2.20. The molecule has 0 saturated heterocycles. The summed E-state index contributed by atoms with van der Waals surface area (Å²) in [6.45, 7) is 10.0. The molecule has 3 N–H and O–H groups in total. The van der Waals surface area contributed by atoms with Gasteiger partial charge in [-0.15, -0.1) is 0 Å². The number of hydrogen-bond acceptors (Lipinski definition) is 7. The maximum absolute atomic E-state index is 12.9. The predicted molar refractivity (Wildman–Crippen MR) is 138 cm³/mol. The normalized spacial score (nSPS) is 11.8. The summed E-state index contributed by atoms with van der Waals surface area (Å²) >= 11 is 0. The quantitative estimate of drug-likeness (QED) is 0.224. The number of nitrogen functional groups attached to an aromatic ring is 1. The Morgan fingerprint density at radius 1 is 1.18 bits per heavy atom. The summed E-state index contributed by atoms with van der Waals surface area (Å²) in [5, 5.41) is 3.28. The van der Waals surface area contributed by atoms with E-state index in [4.69, 9.17) is 10.5 Å². The van der Waals surface area contributed by atoms with Gasteiger partial charge in [-0.3, -0.25) is 15.2 Å².